The molecule has 0 radical (unpaired) electrons. The molecule has 3 heterocycles. The Morgan fingerprint density at radius 3 is 3.09 bits per heavy atom. The van der Waals surface area contributed by atoms with Crippen molar-refractivity contribution in [3.63, 3.8) is 0 Å². The summed E-state index contributed by atoms with van der Waals surface area (Å²) < 4.78 is 4.98. The molecule has 0 saturated carbocycles. The van der Waals surface area contributed by atoms with Gasteiger partial charge in [0.15, 0.2) is 0 Å². The van der Waals surface area contributed by atoms with Gasteiger partial charge in [-0.2, -0.15) is 0 Å². The van der Waals surface area contributed by atoms with Crippen molar-refractivity contribution in [2.45, 2.75) is 30.8 Å². The van der Waals surface area contributed by atoms with Crippen molar-refractivity contribution in [3.8, 4) is 0 Å². The number of carbonyl (C=O) groups is 2. The van der Waals surface area contributed by atoms with Gasteiger partial charge in [-0.05, 0) is 18.2 Å². The van der Waals surface area contributed by atoms with Crippen LogP contribution in [0.1, 0.15) is 24.8 Å². The Balaban J connectivity index is 1.86. The number of fused-ring (bicyclic) bond motifs is 4. The highest BCUT2D eigenvalue weighted by Gasteiger charge is 2.67. The first kappa shape index (κ1) is 13.6. The summed E-state index contributed by atoms with van der Waals surface area (Å²) in [6.45, 7) is 0.903. The van der Waals surface area contributed by atoms with Crippen molar-refractivity contribution < 1.29 is 19.2 Å². The molecule has 22 heavy (non-hydrogen) atoms. The largest absolute Gasteiger partial charge is 0.469 e. The minimum atomic E-state index is -0.690. The van der Waals surface area contributed by atoms with Gasteiger partial charge >= 0.3 is 5.97 Å². The molecule has 4 atom stereocenters. The van der Waals surface area contributed by atoms with Gasteiger partial charge in [0.1, 0.15) is 12.0 Å². The maximum atomic E-state index is 12.8. The summed E-state index contributed by atoms with van der Waals surface area (Å²) >= 11 is 0. The Labute approximate surface area is 128 Å². The number of hydrogen-bond acceptors (Lipinski definition) is 4. The van der Waals surface area contributed by atoms with Gasteiger partial charge in [-0.3, -0.25) is 9.59 Å². The second kappa shape index (κ2) is 4.46. The Kier molecular flexibility index (Phi) is 2.75. The third-order valence-corrected chi connectivity index (χ3v) is 5.61. The molecule has 2 saturated heterocycles. The minimum absolute atomic E-state index is 0.0126. The number of quaternary nitrogens is 1. The van der Waals surface area contributed by atoms with Gasteiger partial charge in [-0.1, -0.05) is 0 Å². The number of anilines is 2. The number of nitrogens with two attached hydrogens (primary N) is 1. The first-order chi connectivity index (χ1) is 10.6. The van der Waals surface area contributed by atoms with Gasteiger partial charge in [0.05, 0.1) is 19.3 Å². The number of rotatable bonds is 1. The number of hydrogen-bond donors (Lipinski definition) is 3. The van der Waals surface area contributed by atoms with E-state index in [4.69, 9.17) is 10.5 Å². The number of ether oxygens (including phenoxy) is 1. The van der Waals surface area contributed by atoms with Crippen LogP contribution in [0.3, 0.4) is 0 Å². The third kappa shape index (κ3) is 1.53. The van der Waals surface area contributed by atoms with Gasteiger partial charge in [-0.15, -0.1) is 0 Å². The zero-order valence-electron chi connectivity index (χ0n) is 12.5. The van der Waals surface area contributed by atoms with Crippen molar-refractivity contribution >= 4 is 23.3 Å². The standard InChI is InChI=1S/C16H19N3O3/c1-22-14(20)10-8-16(19-6-2-3-13(10)19)11-7-9(17)4-5-12(11)18-15(16)21/h4-5,7,10,13H,2-3,6,8,17H2,1H3,(H,18,21)/p+1/t10-,13+,16+/m1/s1. The summed E-state index contributed by atoms with van der Waals surface area (Å²) in [5.41, 5.74) is 7.66. The molecule has 4 N–H and O–H groups in total. The molecule has 2 fully saturated rings. The average molecular weight is 302 g/mol. The number of benzene rings is 1. The number of esters is 1. The highest BCUT2D eigenvalue weighted by atomic mass is 16.5. The van der Waals surface area contributed by atoms with E-state index in [-0.39, 0.29) is 23.8 Å². The van der Waals surface area contributed by atoms with E-state index in [2.05, 4.69) is 5.32 Å². The van der Waals surface area contributed by atoms with Crippen LogP contribution < -0.4 is 16.0 Å². The van der Waals surface area contributed by atoms with E-state index in [1.54, 1.807) is 6.07 Å². The Morgan fingerprint density at radius 1 is 1.50 bits per heavy atom. The molecular formula is C16H20N3O3+. The molecule has 3 aliphatic heterocycles. The van der Waals surface area contributed by atoms with Crippen molar-refractivity contribution in [2.24, 2.45) is 5.92 Å². The first-order valence-corrected chi connectivity index (χ1v) is 7.73. The summed E-state index contributed by atoms with van der Waals surface area (Å²) in [7, 11) is 1.42. The molecule has 1 unspecified atom stereocenters. The Hall–Kier alpha value is -2.08. The van der Waals surface area contributed by atoms with E-state index >= 15 is 0 Å². The van der Waals surface area contributed by atoms with Crippen LogP contribution in [-0.4, -0.2) is 31.6 Å². The fourth-order valence-electron chi connectivity index (χ4n) is 4.74. The van der Waals surface area contributed by atoms with Crippen LogP contribution in [0.2, 0.25) is 0 Å². The van der Waals surface area contributed by atoms with E-state index in [0.29, 0.717) is 12.1 Å². The molecule has 116 valence electrons. The van der Waals surface area contributed by atoms with E-state index in [9.17, 15) is 9.59 Å². The molecule has 1 spiro atoms. The zero-order valence-corrected chi connectivity index (χ0v) is 12.5. The monoisotopic (exact) mass is 302 g/mol. The quantitative estimate of drug-likeness (QED) is 0.489. The highest BCUT2D eigenvalue weighted by Crippen LogP contribution is 2.44. The summed E-state index contributed by atoms with van der Waals surface area (Å²) in [4.78, 5) is 26.2. The van der Waals surface area contributed by atoms with Crippen molar-refractivity contribution in [2.75, 3.05) is 24.7 Å². The van der Waals surface area contributed by atoms with E-state index < -0.39 is 5.54 Å². The van der Waals surface area contributed by atoms with Crippen molar-refractivity contribution in [1.29, 1.82) is 0 Å². The van der Waals surface area contributed by atoms with Gasteiger partial charge < -0.3 is 20.7 Å². The van der Waals surface area contributed by atoms with Gasteiger partial charge in [-0.25, -0.2) is 0 Å². The predicted octanol–water partition coefficient (Wildman–Crippen LogP) is -0.344. The van der Waals surface area contributed by atoms with Crippen LogP contribution in [0.4, 0.5) is 11.4 Å². The van der Waals surface area contributed by atoms with Gasteiger partial charge in [0.2, 0.25) is 5.54 Å². The molecular weight excluding hydrogens is 282 g/mol. The molecule has 4 rings (SSSR count). The number of nitrogens with one attached hydrogen (secondary N) is 2. The van der Waals surface area contributed by atoms with Crippen LogP contribution in [0.25, 0.3) is 0 Å². The third-order valence-electron chi connectivity index (χ3n) is 5.61. The molecule has 0 bridgehead atoms. The number of methoxy groups -OCH3 is 1. The van der Waals surface area contributed by atoms with Crippen molar-refractivity contribution in [3.05, 3.63) is 23.8 Å². The molecule has 6 nitrogen and oxygen atoms in total. The lowest BCUT2D eigenvalue weighted by molar-refractivity contribution is -0.947. The lowest BCUT2D eigenvalue weighted by Gasteiger charge is -2.29. The molecule has 0 aromatic heterocycles. The normalized spacial score (nSPS) is 35.3. The second-order valence-corrected chi connectivity index (χ2v) is 6.52. The Morgan fingerprint density at radius 2 is 2.32 bits per heavy atom. The number of carbonyl (C=O) groups excluding carboxylic acids is 2. The fraction of sp³-hybridized carbons (Fsp3) is 0.500. The van der Waals surface area contributed by atoms with Crippen LogP contribution >= 0.6 is 0 Å². The van der Waals surface area contributed by atoms with Crippen LogP contribution in [0.5, 0.6) is 0 Å². The summed E-state index contributed by atoms with van der Waals surface area (Å²) in [5, 5.41) is 2.98. The van der Waals surface area contributed by atoms with Gasteiger partial charge in [0.25, 0.3) is 5.91 Å². The number of nitrogen functional groups attached to an aromatic ring is 1. The highest BCUT2D eigenvalue weighted by molar-refractivity contribution is 6.05. The van der Waals surface area contributed by atoms with Crippen LogP contribution in [0, 0.1) is 5.92 Å². The topological polar surface area (TPSA) is 85.9 Å². The minimum Gasteiger partial charge on any atom is -0.469 e. The molecule has 0 aliphatic carbocycles. The maximum Gasteiger partial charge on any atom is 0.315 e. The first-order valence-electron chi connectivity index (χ1n) is 7.73. The van der Waals surface area contributed by atoms with E-state index in [1.165, 1.54) is 12.0 Å². The maximum absolute atomic E-state index is 12.8. The van der Waals surface area contributed by atoms with Crippen molar-refractivity contribution in [1.82, 2.24) is 0 Å². The van der Waals surface area contributed by atoms with E-state index in [1.807, 2.05) is 12.1 Å². The summed E-state index contributed by atoms with van der Waals surface area (Å²) in [6.07, 6.45) is 2.49. The lowest BCUT2D eigenvalue weighted by Crippen LogP contribution is -3.19. The molecule has 6 heteroatoms. The summed E-state index contributed by atoms with van der Waals surface area (Å²) in [6, 6.07) is 5.69. The van der Waals surface area contributed by atoms with Crippen LogP contribution in [0.15, 0.2) is 18.2 Å². The molecule has 1 aromatic carbocycles. The molecule has 3 aliphatic rings. The molecule has 1 amide bonds. The van der Waals surface area contributed by atoms with E-state index in [0.717, 1.165) is 30.6 Å². The Bertz CT molecular complexity index is 675. The molecule has 1 aromatic rings. The lowest BCUT2D eigenvalue weighted by atomic mass is 9.84. The smallest absolute Gasteiger partial charge is 0.315 e. The summed E-state index contributed by atoms with van der Waals surface area (Å²) in [5.74, 6) is -0.437. The van der Waals surface area contributed by atoms with Crippen LogP contribution in [-0.2, 0) is 19.9 Å². The second-order valence-electron chi connectivity index (χ2n) is 6.52. The van der Waals surface area contributed by atoms with Gasteiger partial charge in [0, 0.05) is 30.5 Å². The zero-order chi connectivity index (χ0) is 15.5. The average Bonchev–Trinajstić information content (AvgIpc) is 3.15. The predicted molar refractivity (Wildman–Crippen MR) is 80.1 cm³/mol. The SMILES string of the molecule is COC(=O)[C@@H]1C[C@]2(C(=O)Nc3ccc(N)cc32)[NH+]2CCC[C@@H]12. The fourth-order valence-corrected chi connectivity index (χ4v) is 4.74. The number of amides is 1.